The number of nitrogens with one attached hydrogen (secondary N) is 2. The van der Waals surface area contributed by atoms with Crippen LogP contribution in [0.5, 0.6) is 0 Å². The molecule has 0 heterocycles. The Bertz CT molecular complexity index is 404. The molecule has 3 unspecified atom stereocenters. The fourth-order valence-corrected chi connectivity index (χ4v) is 3.18. The Morgan fingerprint density at radius 2 is 1.70 bits per heavy atom. The second kappa shape index (κ2) is 8.67. The van der Waals surface area contributed by atoms with Gasteiger partial charge in [-0.05, 0) is 45.6 Å². The predicted molar refractivity (Wildman–Crippen MR) is 94.1 cm³/mol. The molecule has 1 rings (SSSR count). The standard InChI is InChI=1S/C18H35N3O2/c1-7-21(12-17(23)20-18(4,5)6)11-16(22)19-15-10-8-9-13(2)14(15)3/h13-15H,7-12H2,1-6H3,(H,19,22)(H,20,23). The van der Waals surface area contributed by atoms with Crippen LogP contribution in [0.15, 0.2) is 0 Å². The summed E-state index contributed by atoms with van der Waals surface area (Å²) in [6.07, 6.45) is 3.50. The maximum absolute atomic E-state index is 12.3. The third-order valence-corrected chi connectivity index (χ3v) is 4.75. The number of carbonyl (C=O) groups is 2. The molecular weight excluding hydrogens is 290 g/mol. The first-order valence-electron chi connectivity index (χ1n) is 8.95. The molecule has 1 aliphatic rings. The van der Waals surface area contributed by atoms with Crippen molar-refractivity contribution in [2.45, 2.75) is 72.4 Å². The van der Waals surface area contributed by atoms with Crippen LogP contribution in [0.3, 0.4) is 0 Å². The van der Waals surface area contributed by atoms with E-state index in [0.717, 1.165) is 6.42 Å². The third-order valence-electron chi connectivity index (χ3n) is 4.75. The molecule has 1 aliphatic carbocycles. The van der Waals surface area contributed by atoms with Crippen molar-refractivity contribution in [2.24, 2.45) is 11.8 Å². The summed E-state index contributed by atoms with van der Waals surface area (Å²) in [7, 11) is 0. The monoisotopic (exact) mass is 325 g/mol. The van der Waals surface area contributed by atoms with Crippen molar-refractivity contribution in [2.75, 3.05) is 19.6 Å². The first-order valence-corrected chi connectivity index (χ1v) is 8.95. The van der Waals surface area contributed by atoms with Crippen molar-refractivity contribution < 1.29 is 9.59 Å². The lowest BCUT2D eigenvalue weighted by molar-refractivity contribution is -0.126. The van der Waals surface area contributed by atoms with E-state index >= 15 is 0 Å². The fraction of sp³-hybridized carbons (Fsp3) is 0.889. The molecule has 0 saturated heterocycles. The summed E-state index contributed by atoms with van der Waals surface area (Å²) in [5.41, 5.74) is -0.244. The van der Waals surface area contributed by atoms with E-state index in [-0.39, 0.29) is 36.5 Å². The van der Waals surface area contributed by atoms with Crippen LogP contribution in [-0.4, -0.2) is 47.9 Å². The van der Waals surface area contributed by atoms with Crippen LogP contribution in [0.25, 0.3) is 0 Å². The molecule has 1 fully saturated rings. The van der Waals surface area contributed by atoms with Gasteiger partial charge < -0.3 is 10.6 Å². The van der Waals surface area contributed by atoms with Gasteiger partial charge in [0.25, 0.3) is 0 Å². The van der Waals surface area contributed by atoms with Crippen molar-refractivity contribution in [3.8, 4) is 0 Å². The van der Waals surface area contributed by atoms with Gasteiger partial charge in [0.2, 0.25) is 11.8 Å². The summed E-state index contributed by atoms with van der Waals surface area (Å²) in [5.74, 6) is 1.18. The second-order valence-electron chi connectivity index (χ2n) is 8.04. The Hall–Kier alpha value is -1.10. The van der Waals surface area contributed by atoms with Crippen molar-refractivity contribution in [3.63, 3.8) is 0 Å². The summed E-state index contributed by atoms with van der Waals surface area (Å²) < 4.78 is 0. The van der Waals surface area contributed by atoms with Crippen LogP contribution in [0, 0.1) is 11.8 Å². The van der Waals surface area contributed by atoms with Gasteiger partial charge in [-0.1, -0.05) is 33.6 Å². The molecule has 0 bridgehead atoms. The van der Waals surface area contributed by atoms with Crippen LogP contribution in [0.2, 0.25) is 0 Å². The average Bonchev–Trinajstić information content (AvgIpc) is 2.41. The Kier molecular flexibility index (Phi) is 7.52. The van der Waals surface area contributed by atoms with E-state index in [4.69, 9.17) is 0 Å². The molecule has 0 aromatic rings. The van der Waals surface area contributed by atoms with Gasteiger partial charge in [-0.25, -0.2) is 0 Å². The lowest BCUT2D eigenvalue weighted by Gasteiger charge is -2.35. The highest BCUT2D eigenvalue weighted by atomic mass is 16.2. The number of hydrogen-bond donors (Lipinski definition) is 2. The van der Waals surface area contributed by atoms with E-state index in [0.29, 0.717) is 18.4 Å². The van der Waals surface area contributed by atoms with E-state index in [2.05, 4.69) is 24.5 Å². The summed E-state index contributed by atoms with van der Waals surface area (Å²) >= 11 is 0. The molecule has 5 nitrogen and oxygen atoms in total. The zero-order valence-corrected chi connectivity index (χ0v) is 15.7. The van der Waals surface area contributed by atoms with Gasteiger partial charge in [0, 0.05) is 11.6 Å². The number of hydrogen-bond acceptors (Lipinski definition) is 3. The topological polar surface area (TPSA) is 61.4 Å². The van der Waals surface area contributed by atoms with Gasteiger partial charge in [0.05, 0.1) is 13.1 Å². The smallest absolute Gasteiger partial charge is 0.234 e. The van der Waals surface area contributed by atoms with Crippen molar-refractivity contribution in [1.82, 2.24) is 15.5 Å². The van der Waals surface area contributed by atoms with Crippen molar-refractivity contribution in [1.29, 1.82) is 0 Å². The van der Waals surface area contributed by atoms with Gasteiger partial charge in [-0.15, -0.1) is 0 Å². The highest BCUT2D eigenvalue weighted by Gasteiger charge is 2.28. The lowest BCUT2D eigenvalue weighted by Crippen LogP contribution is -2.50. The number of rotatable bonds is 6. The molecule has 0 aromatic heterocycles. The number of amides is 2. The predicted octanol–water partition coefficient (Wildman–Crippen LogP) is 2.16. The Morgan fingerprint density at radius 3 is 2.26 bits per heavy atom. The zero-order chi connectivity index (χ0) is 17.6. The van der Waals surface area contributed by atoms with Gasteiger partial charge in [-0.3, -0.25) is 14.5 Å². The van der Waals surface area contributed by atoms with Crippen molar-refractivity contribution in [3.05, 3.63) is 0 Å². The molecule has 2 N–H and O–H groups in total. The summed E-state index contributed by atoms with van der Waals surface area (Å²) in [6, 6.07) is 0.272. The fourth-order valence-electron chi connectivity index (χ4n) is 3.18. The second-order valence-corrected chi connectivity index (χ2v) is 8.04. The van der Waals surface area contributed by atoms with E-state index in [1.54, 1.807) is 0 Å². The Labute approximate surface area is 141 Å². The van der Waals surface area contributed by atoms with Gasteiger partial charge in [0.1, 0.15) is 0 Å². The van der Waals surface area contributed by atoms with Gasteiger partial charge >= 0.3 is 0 Å². The third kappa shape index (κ3) is 7.34. The molecule has 0 spiro atoms. The molecular formula is C18H35N3O2. The van der Waals surface area contributed by atoms with Crippen LogP contribution in [0.4, 0.5) is 0 Å². The van der Waals surface area contributed by atoms with Gasteiger partial charge in [0.15, 0.2) is 0 Å². The molecule has 0 aromatic carbocycles. The summed E-state index contributed by atoms with van der Waals surface area (Å²) in [6.45, 7) is 13.6. The molecule has 1 saturated carbocycles. The molecule has 3 atom stereocenters. The van der Waals surface area contributed by atoms with Gasteiger partial charge in [-0.2, -0.15) is 0 Å². The minimum Gasteiger partial charge on any atom is -0.352 e. The first kappa shape index (κ1) is 19.9. The molecule has 23 heavy (non-hydrogen) atoms. The lowest BCUT2D eigenvalue weighted by atomic mass is 9.78. The highest BCUT2D eigenvalue weighted by molar-refractivity contribution is 5.81. The number of nitrogens with zero attached hydrogens (tertiary/aromatic N) is 1. The van der Waals surface area contributed by atoms with Crippen LogP contribution >= 0.6 is 0 Å². The molecule has 5 heteroatoms. The minimum atomic E-state index is -0.244. The number of likely N-dealkylation sites (N-methyl/N-ethyl adjacent to an activating group) is 1. The average molecular weight is 325 g/mol. The van der Waals surface area contributed by atoms with E-state index in [1.807, 2.05) is 32.6 Å². The van der Waals surface area contributed by atoms with Crippen LogP contribution in [0.1, 0.15) is 60.8 Å². The summed E-state index contributed by atoms with van der Waals surface area (Å²) in [5, 5.41) is 6.11. The molecule has 0 radical (unpaired) electrons. The highest BCUT2D eigenvalue weighted by Crippen LogP contribution is 2.29. The largest absolute Gasteiger partial charge is 0.352 e. The van der Waals surface area contributed by atoms with E-state index < -0.39 is 0 Å². The van der Waals surface area contributed by atoms with Crippen LogP contribution < -0.4 is 10.6 Å². The Morgan fingerprint density at radius 1 is 1.09 bits per heavy atom. The molecule has 0 aliphatic heterocycles. The zero-order valence-electron chi connectivity index (χ0n) is 15.7. The Balaban J connectivity index is 2.45. The SMILES string of the molecule is CCN(CC(=O)NC1CCCC(C)C1C)CC(=O)NC(C)(C)C. The number of carbonyl (C=O) groups excluding carboxylic acids is 2. The van der Waals surface area contributed by atoms with E-state index in [9.17, 15) is 9.59 Å². The minimum absolute atomic E-state index is 0.0290. The van der Waals surface area contributed by atoms with E-state index in [1.165, 1.54) is 12.8 Å². The summed E-state index contributed by atoms with van der Waals surface area (Å²) in [4.78, 5) is 26.2. The maximum Gasteiger partial charge on any atom is 0.234 e. The first-order chi connectivity index (χ1) is 10.6. The quantitative estimate of drug-likeness (QED) is 0.787. The molecule has 134 valence electrons. The maximum atomic E-state index is 12.3. The normalized spacial score (nSPS) is 25.3. The molecule has 2 amide bonds. The van der Waals surface area contributed by atoms with Crippen LogP contribution in [-0.2, 0) is 9.59 Å². The van der Waals surface area contributed by atoms with Crippen molar-refractivity contribution >= 4 is 11.8 Å².